The summed E-state index contributed by atoms with van der Waals surface area (Å²) < 4.78 is 0. The third-order valence-electron chi connectivity index (χ3n) is 5.89. The molecule has 0 heterocycles. The summed E-state index contributed by atoms with van der Waals surface area (Å²) in [4.78, 5) is 0. The van der Waals surface area contributed by atoms with Crippen molar-refractivity contribution in [3.63, 3.8) is 0 Å². The number of aryl methyl sites for hydroxylation is 1. The second kappa shape index (κ2) is 6.65. The normalized spacial score (nSPS) is 11.2. The minimum absolute atomic E-state index is 1.27. The number of benzene rings is 5. The van der Waals surface area contributed by atoms with Crippen LogP contribution in [-0.4, -0.2) is 0 Å². The van der Waals surface area contributed by atoms with Crippen molar-refractivity contribution >= 4 is 21.5 Å². The smallest absolute Gasteiger partial charge is 0.00237 e. The summed E-state index contributed by atoms with van der Waals surface area (Å²) in [5, 5.41) is 5.32. The molecule has 0 aliphatic carbocycles. The van der Waals surface area contributed by atoms with E-state index < -0.39 is 0 Å². The third-order valence-corrected chi connectivity index (χ3v) is 5.89. The van der Waals surface area contributed by atoms with Crippen LogP contribution in [-0.2, 0) is 0 Å². The van der Waals surface area contributed by atoms with Crippen molar-refractivity contribution in [1.82, 2.24) is 0 Å². The van der Waals surface area contributed by atoms with Gasteiger partial charge in [-0.05, 0) is 68.8 Å². The molecule has 5 aromatic carbocycles. The zero-order valence-corrected chi connectivity index (χ0v) is 16.2. The highest BCUT2D eigenvalue weighted by molar-refractivity contribution is 6.17. The number of hydrogen-bond acceptors (Lipinski definition) is 0. The van der Waals surface area contributed by atoms with E-state index in [0.717, 1.165) is 0 Å². The minimum Gasteiger partial charge on any atom is -0.0622 e. The number of fused-ring (bicyclic) bond motifs is 3. The van der Waals surface area contributed by atoms with Gasteiger partial charge in [0, 0.05) is 0 Å². The van der Waals surface area contributed by atoms with Gasteiger partial charge in [0.1, 0.15) is 0 Å². The van der Waals surface area contributed by atoms with Crippen molar-refractivity contribution in [3.05, 3.63) is 108 Å². The van der Waals surface area contributed by atoms with E-state index in [-0.39, 0.29) is 0 Å². The first-order chi connectivity index (χ1) is 13.8. The lowest BCUT2D eigenvalue weighted by Gasteiger charge is -2.21. The molecular formula is C28H22. The third kappa shape index (κ3) is 2.53. The van der Waals surface area contributed by atoms with E-state index in [2.05, 4.69) is 111 Å². The highest BCUT2D eigenvalue weighted by Gasteiger charge is 2.18. The zero-order chi connectivity index (χ0) is 19.1. The Bertz CT molecular complexity index is 1300. The first kappa shape index (κ1) is 16.8. The molecule has 0 atom stereocenters. The first-order valence-electron chi connectivity index (χ1n) is 9.81. The molecule has 0 bridgehead atoms. The van der Waals surface area contributed by atoms with Gasteiger partial charge < -0.3 is 0 Å². The van der Waals surface area contributed by atoms with Crippen molar-refractivity contribution in [1.29, 1.82) is 0 Å². The number of hydrogen-bond donors (Lipinski definition) is 0. The second-order valence-electron chi connectivity index (χ2n) is 7.44. The van der Waals surface area contributed by atoms with Gasteiger partial charge >= 0.3 is 0 Å². The molecule has 0 saturated heterocycles. The van der Waals surface area contributed by atoms with E-state index in [1.165, 1.54) is 54.9 Å². The lowest BCUT2D eigenvalue weighted by Crippen LogP contribution is -1.96. The van der Waals surface area contributed by atoms with Crippen molar-refractivity contribution in [3.8, 4) is 22.3 Å². The lowest BCUT2D eigenvalue weighted by atomic mass is 9.82. The summed E-state index contributed by atoms with van der Waals surface area (Å²) in [6, 6.07) is 34.9. The van der Waals surface area contributed by atoms with Crippen LogP contribution >= 0.6 is 0 Å². The molecule has 0 spiro atoms. The van der Waals surface area contributed by atoms with Crippen LogP contribution in [0, 0.1) is 13.8 Å². The van der Waals surface area contributed by atoms with Gasteiger partial charge in [0.25, 0.3) is 0 Å². The molecule has 0 aromatic heterocycles. The van der Waals surface area contributed by atoms with E-state index in [9.17, 15) is 0 Å². The maximum atomic E-state index is 2.30. The fourth-order valence-corrected chi connectivity index (χ4v) is 4.45. The van der Waals surface area contributed by atoms with Gasteiger partial charge in [-0.1, -0.05) is 97.1 Å². The van der Waals surface area contributed by atoms with Crippen LogP contribution in [0.15, 0.2) is 97.1 Å². The molecular weight excluding hydrogens is 336 g/mol. The summed E-state index contributed by atoms with van der Waals surface area (Å²) in [5.74, 6) is 0. The second-order valence-corrected chi connectivity index (χ2v) is 7.44. The lowest BCUT2D eigenvalue weighted by molar-refractivity contribution is 1.38. The quantitative estimate of drug-likeness (QED) is 0.281. The van der Waals surface area contributed by atoms with Crippen molar-refractivity contribution in [2.24, 2.45) is 0 Å². The predicted octanol–water partition coefficient (Wildman–Crippen LogP) is 7.94. The van der Waals surface area contributed by atoms with Gasteiger partial charge in [0.2, 0.25) is 0 Å². The topological polar surface area (TPSA) is 0 Å². The molecule has 5 rings (SSSR count). The molecule has 0 fully saturated rings. The monoisotopic (exact) mass is 358 g/mol. The Labute approximate surface area is 166 Å². The summed E-state index contributed by atoms with van der Waals surface area (Å²) in [7, 11) is 0. The fraction of sp³-hybridized carbons (Fsp3) is 0.0714. The van der Waals surface area contributed by atoms with Gasteiger partial charge in [0.15, 0.2) is 0 Å². The molecule has 0 amide bonds. The molecule has 0 nitrogen and oxygen atoms in total. The Hall–Kier alpha value is -3.38. The van der Waals surface area contributed by atoms with Crippen LogP contribution in [0.3, 0.4) is 0 Å². The fourth-order valence-electron chi connectivity index (χ4n) is 4.45. The van der Waals surface area contributed by atoms with Gasteiger partial charge in [-0.15, -0.1) is 0 Å². The maximum absolute atomic E-state index is 2.30. The Morgan fingerprint density at radius 1 is 0.429 bits per heavy atom. The summed E-state index contributed by atoms with van der Waals surface area (Å²) in [6.45, 7) is 4.54. The summed E-state index contributed by atoms with van der Waals surface area (Å²) >= 11 is 0. The predicted molar refractivity (Wildman–Crippen MR) is 122 cm³/mol. The highest BCUT2D eigenvalue weighted by Crippen LogP contribution is 2.44. The molecule has 0 N–H and O–H groups in total. The standard InChI is InChI=1S/C28H22/c1-19-20(2)27-24-16-10-9-11-21(24)17-18-25(27)28(23-14-7-4-8-15-23)26(19)22-12-5-3-6-13-22/h3-18H,1-2H3. The molecule has 5 aromatic rings. The zero-order valence-electron chi connectivity index (χ0n) is 16.2. The Morgan fingerprint density at radius 2 is 1.00 bits per heavy atom. The Morgan fingerprint density at radius 3 is 1.68 bits per heavy atom. The van der Waals surface area contributed by atoms with Crippen LogP contribution in [0.4, 0.5) is 0 Å². The van der Waals surface area contributed by atoms with Gasteiger partial charge in [0.05, 0.1) is 0 Å². The van der Waals surface area contributed by atoms with Crippen molar-refractivity contribution < 1.29 is 0 Å². The summed E-state index contributed by atoms with van der Waals surface area (Å²) in [5.41, 5.74) is 7.93. The average molecular weight is 358 g/mol. The van der Waals surface area contributed by atoms with Gasteiger partial charge in [-0.25, -0.2) is 0 Å². The molecule has 0 aliphatic heterocycles. The molecule has 0 unspecified atom stereocenters. The van der Waals surface area contributed by atoms with Crippen LogP contribution in [0.5, 0.6) is 0 Å². The molecule has 134 valence electrons. The van der Waals surface area contributed by atoms with Crippen LogP contribution in [0.1, 0.15) is 11.1 Å². The van der Waals surface area contributed by atoms with E-state index >= 15 is 0 Å². The minimum atomic E-state index is 1.27. The van der Waals surface area contributed by atoms with E-state index in [4.69, 9.17) is 0 Å². The highest BCUT2D eigenvalue weighted by atomic mass is 14.2. The molecule has 0 aliphatic rings. The SMILES string of the molecule is Cc1c(-c2ccccc2)c(-c2ccccc2)c2ccc3ccccc3c2c1C. The van der Waals surface area contributed by atoms with Crippen LogP contribution in [0.2, 0.25) is 0 Å². The van der Waals surface area contributed by atoms with E-state index in [1.807, 2.05) is 0 Å². The van der Waals surface area contributed by atoms with Crippen LogP contribution < -0.4 is 0 Å². The molecule has 0 radical (unpaired) electrons. The van der Waals surface area contributed by atoms with Gasteiger partial charge in [-0.2, -0.15) is 0 Å². The Balaban J connectivity index is 2.03. The summed E-state index contributed by atoms with van der Waals surface area (Å²) in [6.07, 6.45) is 0. The largest absolute Gasteiger partial charge is 0.0622 e. The maximum Gasteiger partial charge on any atom is -0.00237 e. The van der Waals surface area contributed by atoms with Crippen molar-refractivity contribution in [2.45, 2.75) is 13.8 Å². The Kier molecular flexibility index (Phi) is 3.98. The molecule has 0 heteroatoms. The number of rotatable bonds is 2. The molecule has 28 heavy (non-hydrogen) atoms. The average Bonchev–Trinajstić information content (AvgIpc) is 2.76. The van der Waals surface area contributed by atoms with E-state index in [1.54, 1.807) is 0 Å². The molecule has 0 saturated carbocycles. The van der Waals surface area contributed by atoms with E-state index in [0.29, 0.717) is 0 Å². The van der Waals surface area contributed by atoms with Crippen molar-refractivity contribution in [2.75, 3.05) is 0 Å². The van der Waals surface area contributed by atoms with Crippen LogP contribution in [0.25, 0.3) is 43.8 Å². The van der Waals surface area contributed by atoms with Gasteiger partial charge in [-0.3, -0.25) is 0 Å². The first-order valence-corrected chi connectivity index (χ1v) is 9.81.